The van der Waals surface area contributed by atoms with E-state index in [4.69, 9.17) is 15.7 Å². The summed E-state index contributed by atoms with van der Waals surface area (Å²) >= 11 is -0.0782. The lowest BCUT2D eigenvalue weighted by molar-refractivity contribution is -0.137. The van der Waals surface area contributed by atoms with Crippen LogP contribution in [0.5, 0.6) is 0 Å². The van der Waals surface area contributed by atoms with Crippen molar-refractivity contribution in [2.75, 3.05) is 33.2 Å². The number of fused-ring (bicyclic) bond motifs is 1. The standard InChI is InChI=1S/C40H38F5N3O3S/c1-51-22-21-46-19-17-32(18-20-46)47(24-27-9-11-28(12-10-27)29-13-15-31(16-14-29)40(43,44)45)37(50)25-48-35-8-3-2-6-33(35)36(49)23-38(48)52-26-30-5-4-7-34(41)39(30)42/h2-16,23,32H,17-22,24-26H2,1H3/i17D2,18D2,19D2,20D2,21D2,25D2,26D2,32D. The highest BCUT2D eigenvalue weighted by Crippen LogP contribution is 2.32. The number of para-hydroxylation sites is 1. The first-order valence-electron chi connectivity index (χ1n) is 22.8. The molecule has 4 aromatic carbocycles. The summed E-state index contributed by atoms with van der Waals surface area (Å²) in [6.45, 7) is -17.9. The first-order valence-corrected chi connectivity index (χ1v) is 16.1. The summed E-state index contributed by atoms with van der Waals surface area (Å²) in [7, 11) is 0.934. The predicted octanol–water partition coefficient (Wildman–Crippen LogP) is 8.40. The largest absolute Gasteiger partial charge is 0.416 e. The van der Waals surface area contributed by atoms with E-state index in [0.717, 1.165) is 49.6 Å². The monoisotopic (exact) mass is 750 g/mol. The zero-order valence-corrected chi connectivity index (χ0v) is 27.8. The average Bonchev–Trinajstić information content (AvgIpc) is 3.22. The Balaban J connectivity index is 1.60. The van der Waals surface area contributed by atoms with Gasteiger partial charge in [-0.2, -0.15) is 13.2 Å². The molecule has 5 aromatic rings. The highest BCUT2D eigenvalue weighted by atomic mass is 32.2. The van der Waals surface area contributed by atoms with Gasteiger partial charge in [-0.15, -0.1) is 11.8 Å². The zero-order chi connectivity index (χ0) is 50.3. The number of carbonyl (C=O) groups is 1. The Hall–Kier alpha value is -4.52. The molecule has 0 saturated carbocycles. The minimum atomic E-state index is -4.66. The first kappa shape index (κ1) is 22.5. The Bertz CT molecular complexity index is 2730. The number of halogens is 5. The number of piperidine rings is 1. The maximum absolute atomic E-state index is 15.4. The van der Waals surface area contributed by atoms with Gasteiger partial charge in [-0.05, 0) is 59.8 Å². The number of amides is 1. The number of thioether (sulfide) groups is 1. The molecule has 0 radical (unpaired) electrons. The van der Waals surface area contributed by atoms with Crippen LogP contribution in [0.4, 0.5) is 22.0 Å². The molecular weight excluding hydrogens is 698 g/mol. The Labute approximate surface area is 323 Å². The van der Waals surface area contributed by atoms with E-state index in [1.165, 1.54) is 42.5 Å². The number of hydrogen-bond acceptors (Lipinski definition) is 5. The molecule has 0 N–H and O–H groups in total. The molecule has 0 spiro atoms. The van der Waals surface area contributed by atoms with Crippen LogP contribution in [0, 0.1) is 11.6 Å². The van der Waals surface area contributed by atoms with Crippen molar-refractivity contribution in [2.45, 2.75) is 48.7 Å². The van der Waals surface area contributed by atoms with Crippen molar-refractivity contribution in [3.63, 3.8) is 0 Å². The number of benzene rings is 4. The van der Waals surface area contributed by atoms with Gasteiger partial charge in [0.1, 0.15) is 6.50 Å². The SMILES string of the molecule is [2H]C([2H])(Sc1cc(=O)c2ccccc2n1C([2H])([2H])C(=O)N(Cc1ccc(-c2ccc(C(F)(F)F)cc2)cc1)C1([2H])C([2H])([2H])C([2H])([2H])N(C([2H])([2H])COC)C([2H])([2H])C1([2H])[2H])c1cccc(F)c1F. The summed E-state index contributed by atoms with van der Waals surface area (Å²) in [6.07, 6.45) is -13.2. The molecule has 12 heteroatoms. The van der Waals surface area contributed by atoms with Crippen molar-refractivity contribution in [1.82, 2.24) is 14.4 Å². The summed E-state index contributed by atoms with van der Waals surface area (Å²) < 4.78 is 210. The normalized spacial score (nSPS) is 23.8. The second-order valence-corrected chi connectivity index (χ2v) is 11.9. The van der Waals surface area contributed by atoms with Gasteiger partial charge in [-0.1, -0.05) is 60.7 Å². The highest BCUT2D eigenvalue weighted by molar-refractivity contribution is 7.98. The number of aromatic nitrogens is 1. The molecule has 6 rings (SSSR count). The van der Waals surface area contributed by atoms with Crippen molar-refractivity contribution in [2.24, 2.45) is 0 Å². The second-order valence-electron chi connectivity index (χ2n) is 11.0. The van der Waals surface area contributed by atoms with E-state index in [9.17, 15) is 32.0 Å². The maximum atomic E-state index is 15.4. The van der Waals surface area contributed by atoms with Gasteiger partial charge in [0.05, 0.1) is 26.8 Å². The lowest BCUT2D eigenvalue weighted by Crippen LogP contribution is -2.48. The number of likely N-dealkylation sites (tertiary alicyclic amines) is 1. The van der Waals surface area contributed by atoms with E-state index in [-0.39, 0.29) is 38.7 Å². The van der Waals surface area contributed by atoms with E-state index in [1.54, 1.807) is 0 Å². The van der Waals surface area contributed by atoms with Crippen LogP contribution in [-0.2, 0) is 34.5 Å². The van der Waals surface area contributed by atoms with Gasteiger partial charge in [0, 0.05) is 78.3 Å². The van der Waals surface area contributed by atoms with Gasteiger partial charge in [-0.25, -0.2) is 8.78 Å². The van der Waals surface area contributed by atoms with Crippen molar-refractivity contribution in [3.8, 4) is 11.1 Å². The summed E-state index contributed by atoms with van der Waals surface area (Å²) in [4.78, 5) is 28.3. The molecule has 0 bridgehead atoms. The van der Waals surface area contributed by atoms with Crippen LogP contribution in [0.15, 0.2) is 107 Å². The molecule has 1 amide bonds. The summed E-state index contributed by atoms with van der Waals surface area (Å²) in [5.74, 6) is -5.26. The number of methoxy groups -OCH3 is 1. The fraction of sp³-hybridized carbons (Fsp3) is 0.300. The third-order valence-electron chi connectivity index (χ3n) is 7.60. The van der Waals surface area contributed by atoms with Gasteiger partial charge in [0.2, 0.25) is 5.91 Å². The molecule has 1 fully saturated rings. The highest BCUT2D eigenvalue weighted by Gasteiger charge is 2.31. The summed E-state index contributed by atoms with van der Waals surface area (Å²) in [5, 5.41) is -1.12. The molecule has 6 nitrogen and oxygen atoms in total. The molecule has 0 atom stereocenters. The molecule has 0 unspecified atom stereocenters. The lowest BCUT2D eigenvalue weighted by atomic mass is 10.00. The van der Waals surface area contributed by atoms with Gasteiger partial charge >= 0.3 is 6.18 Å². The second kappa shape index (κ2) is 16.4. The minimum Gasteiger partial charge on any atom is -0.383 e. The van der Waals surface area contributed by atoms with Crippen LogP contribution in [-0.4, -0.2) is 59.5 Å². The smallest absolute Gasteiger partial charge is 0.383 e. The quantitative estimate of drug-likeness (QED) is 0.0948. The van der Waals surface area contributed by atoms with Crippen LogP contribution in [0.1, 0.15) is 50.0 Å². The number of ether oxygens (including phenoxy) is 1. The Morgan fingerprint density at radius 3 is 2.33 bits per heavy atom. The molecule has 52 heavy (non-hydrogen) atoms. The van der Waals surface area contributed by atoms with Gasteiger partial charge in [-0.3, -0.25) is 9.59 Å². The molecule has 1 saturated heterocycles. The number of alkyl halides is 3. The Morgan fingerprint density at radius 1 is 0.981 bits per heavy atom. The average molecular weight is 751 g/mol. The van der Waals surface area contributed by atoms with Crippen LogP contribution >= 0.6 is 11.8 Å². The molecular formula is C40H38F5N3O3S. The van der Waals surface area contributed by atoms with Crippen molar-refractivity contribution < 1.29 is 52.0 Å². The first-order chi connectivity index (χ1) is 30.6. The molecule has 1 aliphatic heterocycles. The van der Waals surface area contributed by atoms with Gasteiger partial charge < -0.3 is 19.1 Å². The third-order valence-corrected chi connectivity index (χ3v) is 8.44. The summed E-state index contributed by atoms with van der Waals surface area (Å²) in [5.41, 5.74) is -6.04. The summed E-state index contributed by atoms with van der Waals surface area (Å²) in [6, 6.07) is 12.6. The van der Waals surface area contributed by atoms with E-state index in [1.807, 2.05) is 0 Å². The minimum absolute atomic E-state index is 0.0782. The number of rotatable bonds is 12. The van der Waals surface area contributed by atoms with Gasteiger partial charge in [0.25, 0.3) is 0 Å². The number of hydrogen-bond donors (Lipinski definition) is 0. The number of nitrogens with zero attached hydrogens (tertiary/aromatic N) is 3. The van der Waals surface area contributed by atoms with Crippen LogP contribution in [0.2, 0.25) is 0 Å². The van der Waals surface area contributed by atoms with Crippen LogP contribution < -0.4 is 5.43 Å². The number of carbonyl (C=O) groups excluding carboxylic acids is 1. The van der Waals surface area contributed by atoms with Crippen LogP contribution in [0.25, 0.3) is 22.0 Å². The third kappa shape index (κ3) is 8.74. The van der Waals surface area contributed by atoms with Crippen LogP contribution in [0.3, 0.4) is 0 Å². The fourth-order valence-corrected chi connectivity index (χ4v) is 5.77. The van der Waals surface area contributed by atoms with Crippen molar-refractivity contribution in [3.05, 3.63) is 136 Å². The lowest BCUT2D eigenvalue weighted by Gasteiger charge is -2.39. The van der Waals surface area contributed by atoms with E-state index >= 15 is 9.18 Å². The van der Waals surface area contributed by atoms with Crippen molar-refractivity contribution >= 4 is 28.6 Å². The van der Waals surface area contributed by atoms with E-state index in [0.29, 0.717) is 16.7 Å². The molecule has 272 valence electrons. The molecule has 1 aliphatic rings. The molecule has 2 heterocycles. The maximum Gasteiger partial charge on any atom is 0.416 e. The van der Waals surface area contributed by atoms with Crippen molar-refractivity contribution in [1.29, 1.82) is 0 Å². The molecule has 1 aromatic heterocycles. The van der Waals surface area contributed by atoms with E-state index in [2.05, 4.69) is 0 Å². The van der Waals surface area contributed by atoms with E-state index < -0.39 is 119 Å². The number of pyridine rings is 1. The fourth-order valence-electron chi connectivity index (χ4n) is 5.00. The Morgan fingerprint density at radius 2 is 1.65 bits per heavy atom. The predicted molar refractivity (Wildman–Crippen MR) is 193 cm³/mol. The molecule has 0 aliphatic carbocycles. The Kier molecular flexibility index (Phi) is 7.12. The topological polar surface area (TPSA) is 54.8 Å². The van der Waals surface area contributed by atoms with Gasteiger partial charge in [0.15, 0.2) is 17.1 Å². The zero-order valence-electron chi connectivity index (χ0n) is 42.0.